The Hall–Kier alpha value is -2.22. The number of hydrogen-bond acceptors (Lipinski definition) is 6. The Labute approximate surface area is 111 Å². The third kappa shape index (κ3) is 2.10. The molecule has 1 aliphatic heterocycles. The van der Waals surface area contributed by atoms with Gasteiger partial charge in [0, 0.05) is 29.9 Å². The van der Waals surface area contributed by atoms with Crippen LogP contribution < -0.4 is 0 Å². The molecule has 0 saturated carbocycles. The summed E-state index contributed by atoms with van der Waals surface area (Å²) in [7, 11) is 0. The molecular weight excluding hydrogens is 268 g/mol. The van der Waals surface area contributed by atoms with Gasteiger partial charge in [0.1, 0.15) is 0 Å². The Morgan fingerprint density at radius 2 is 2.26 bits per heavy atom. The Morgan fingerprint density at radius 1 is 1.42 bits per heavy atom. The van der Waals surface area contributed by atoms with Crippen molar-refractivity contribution in [3.63, 3.8) is 0 Å². The lowest BCUT2D eigenvalue weighted by atomic mass is 10.2. The quantitative estimate of drug-likeness (QED) is 0.615. The fourth-order valence-electron chi connectivity index (χ4n) is 1.77. The van der Waals surface area contributed by atoms with Gasteiger partial charge >= 0.3 is 0 Å². The summed E-state index contributed by atoms with van der Waals surface area (Å²) in [5, 5.41) is 15.4. The van der Waals surface area contributed by atoms with Crippen molar-refractivity contribution in [1.82, 2.24) is 14.8 Å². The summed E-state index contributed by atoms with van der Waals surface area (Å²) < 4.78 is 1.27. The van der Waals surface area contributed by atoms with Crippen LogP contribution in [0.3, 0.4) is 0 Å². The molecule has 7 nitrogen and oxygen atoms in total. The van der Waals surface area contributed by atoms with E-state index in [1.165, 1.54) is 28.6 Å². The maximum absolute atomic E-state index is 11.6. The lowest BCUT2D eigenvalue weighted by Crippen LogP contribution is -2.18. The lowest BCUT2D eigenvalue weighted by molar-refractivity contribution is -0.384. The van der Waals surface area contributed by atoms with E-state index in [1.54, 1.807) is 12.1 Å². The molecule has 0 atom stereocenters. The minimum absolute atomic E-state index is 0.0238. The zero-order valence-corrected chi connectivity index (χ0v) is 10.5. The summed E-state index contributed by atoms with van der Waals surface area (Å²) in [5.74, 6) is 0.922. The second-order valence-corrected chi connectivity index (χ2v) is 4.99. The van der Waals surface area contributed by atoms with Crippen molar-refractivity contribution in [2.75, 3.05) is 5.75 Å². The van der Waals surface area contributed by atoms with Gasteiger partial charge in [0.15, 0.2) is 11.0 Å². The highest BCUT2D eigenvalue weighted by Crippen LogP contribution is 2.27. The van der Waals surface area contributed by atoms with Gasteiger partial charge in [-0.05, 0) is 0 Å². The summed E-state index contributed by atoms with van der Waals surface area (Å²) in [6.45, 7) is 0. The highest BCUT2D eigenvalue weighted by Gasteiger charge is 2.22. The zero-order valence-electron chi connectivity index (χ0n) is 9.65. The molecule has 0 N–H and O–H groups in total. The first-order valence-electron chi connectivity index (χ1n) is 5.53. The van der Waals surface area contributed by atoms with E-state index >= 15 is 0 Å². The summed E-state index contributed by atoms with van der Waals surface area (Å²) in [6, 6.07) is 6.06. The number of thioether (sulfide) groups is 1. The fraction of sp³-hybridized carbons (Fsp3) is 0.182. The second-order valence-electron chi connectivity index (χ2n) is 3.93. The molecule has 2 heterocycles. The number of carbonyl (C=O) groups is 1. The van der Waals surface area contributed by atoms with Gasteiger partial charge < -0.3 is 0 Å². The van der Waals surface area contributed by atoms with E-state index < -0.39 is 4.92 Å². The van der Waals surface area contributed by atoms with Gasteiger partial charge in [-0.3, -0.25) is 14.9 Å². The van der Waals surface area contributed by atoms with E-state index in [1.807, 2.05) is 0 Å². The molecule has 0 fully saturated rings. The number of carbonyl (C=O) groups excluding carboxylic acids is 1. The maximum atomic E-state index is 11.6. The molecule has 3 rings (SSSR count). The van der Waals surface area contributed by atoms with Crippen LogP contribution in [0.4, 0.5) is 5.69 Å². The fourth-order valence-corrected chi connectivity index (χ4v) is 2.65. The highest BCUT2D eigenvalue weighted by molar-refractivity contribution is 7.99. The number of hydrogen-bond donors (Lipinski definition) is 0. The van der Waals surface area contributed by atoms with Crippen LogP contribution in [0.2, 0.25) is 0 Å². The number of nitro benzene ring substituents is 1. The predicted molar refractivity (Wildman–Crippen MR) is 68.1 cm³/mol. The smallest absolute Gasteiger partial charge is 0.270 e. The van der Waals surface area contributed by atoms with E-state index in [4.69, 9.17) is 0 Å². The van der Waals surface area contributed by atoms with Crippen LogP contribution in [0.15, 0.2) is 29.4 Å². The average molecular weight is 276 g/mol. The van der Waals surface area contributed by atoms with E-state index in [-0.39, 0.29) is 11.6 Å². The summed E-state index contributed by atoms with van der Waals surface area (Å²) in [6.07, 6.45) is 0.426. The number of fused-ring (bicyclic) bond motifs is 1. The Morgan fingerprint density at radius 3 is 3.00 bits per heavy atom. The van der Waals surface area contributed by atoms with Gasteiger partial charge in [0.05, 0.1) is 4.92 Å². The lowest BCUT2D eigenvalue weighted by Gasteiger charge is -2.07. The number of nitrogens with zero attached hydrogens (tertiary/aromatic N) is 4. The Balaban J connectivity index is 2.05. The second kappa shape index (κ2) is 4.47. The highest BCUT2D eigenvalue weighted by atomic mass is 32.2. The first-order valence-corrected chi connectivity index (χ1v) is 6.51. The molecule has 2 aromatic rings. The molecule has 1 aromatic heterocycles. The minimum atomic E-state index is -0.473. The normalized spacial score (nSPS) is 14.2. The number of rotatable bonds is 2. The molecule has 0 radical (unpaired) electrons. The number of non-ortho nitro benzene ring substituents is 1. The molecule has 0 amide bonds. The Bertz CT molecular complexity index is 682. The number of nitro groups is 1. The summed E-state index contributed by atoms with van der Waals surface area (Å²) in [5.41, 5.74) is 0.508. The molecule has 0 bridgehead atoms. The van der Waals surface area contributed by atoms with Gasteiger partial charge in [-0.1, -0.05) is 23.9 Å². The molecule has 1 aliphatic rings. The van der Waals surface area contributed by atoms with Crippen LogP contribution in [-0.2, 0) is 0 Å². The standard InChI is InChI=1S/C11H8N4O3S/c16-9-4-5-19-11-12-10(13-14(9)11)7-2-1-3-8(6-7)15(17)18/h1-3,6H,4-5H2. The molecule has 0 saturated heterocycles. The van der Waals surface area contributed by atoms with Crippen molar-refractivity contribution < 1.29 is 9.72 Å². The zero-order chi connectivity index (χ0) is 13.4. The molecule has 1 aromatic carbocycles. The van der Waals surface area contributed by atoms with Crippen LogP contribution in [0.1, 0.15) is 11.2 Å². The van der Waals surface area contributed by atoms with Gasteiger partial charge in [-0.2, -0.15) is 4.68 Å². The van der Waals surface area contributed by atoms with Crippen LogP contribution >= 0.6 is 11.8 Å². The van der Waals surface area contributed by atoms with Crippen molar-refractivity contribution >= 4 is 23.4 Å². The molecule has 0 spiro atoms. The summed E-state index contributed by atoms with van der Waals surface area (Å²) in [4.78, 5) is 26.1. The van der Waals surface area contributed by atoms with Gasteiger partial charge in [0.25, 0.3) is 5.69 Å². The monoisotopic (exact) mass is 276 g/mol. The summed E-state index contributed by atoms with van der Waals surface area (Å²) >= 11 is 1.45. The van der Waals surface area contributed by atoms with Gasteiger partial charge in [-0.25, -0.2) is 4.98 Å². The molecule has 19 heavy (non-hydrogen) atoms. The largest absolute Gasteiger partial charge is 0.272 e. The predicted octanol–water partition coefficient (Wildman–Crippen LogP) is 1.99. The molecule has 8 heteroatoms. The van der Waals surface area contributed by atoms with Crippen molar-refractivity contribution in [2.45, 2.75) is 11.6 Å². The molecular formula is C11H8N4O3S. The van der Waals surface area contributed by atoms with Crippen LogP contribution in [-0.4, -0.2) is 31.3 Å². The van der Waals surface area contributed by atoms with Crippen LogP contribution in [0, 0.1) is 10.1 Å². The molecule has 96 valence electrons. The first kappa shape index (κ1) is 11.8. The average Bonchev–Trinajstić information content (AvgIpc) is 2.84. The van der Waals surface area contributed by atoms with Crippen molar-refractivity contribution in [1.29, 1.82) is 0 Å². The van der Waals surface area contributed by atoms with Crippen molar-refractivity contribution in [3.05, 3.63) is 34.4 Å². The van der Waals surface area contributed by atoms with E-state index in [0.717, 1.165) is 0 Å². The minimum Gasteiger partial charge on any atom is -0.272 e. The molecule has 0 unspecified atom stereocenters. The Kier molecular flexibility index (Phi) is 2.79. The SMILES string of the molecule is O=C1CCSc2nc(-c3cccc([N+](=O)[O-])c3)nn21. The molecule has 0 aliphatic carbocycles. The van der Waals surface area contributed by atoms with E-state index in [2.05, 4.69) is 10.1 Å². The maximum Gasteiger partial charge on any atom is 0.270 e. The topological polar surface area (TPSA) is 90.9 Å². The third-order valence-electron chi connectivity index (χ3n) is 2.68. The number of aromatic nitrogens is 3. The van der Waals surface area contributed by atoms with Gasteiger partial charge in [0.2, 0.25) is 5.91 Å². The van der Waals surface area contributed by atoms with Crippen LogP contribution in [0.25, 0.3) is 11.4 Å². The van der Waals surface area contributed by atoms with E-state index in [9.17, 15) is 14.9 Å². The third-order valence-corrected chi connectivity index (χ3v) is 3.61. The van der Waals surface area contributed by atoms with Crippen molar-refractivity contribution in [2.24, 2.45) is 0 Å². The van der Waals surface area contributed by atoms with Crippen LogP contribution in [0.5, 0.6) is 0 Å². The number of benzene rings is 1. The first-order chi connectivity index (χ1) is 9.15. The van der Waals surface area contributed by atoms with Gasteiger partial charge in [-0.15, -0.1) is 5.10 Å². The van der Waals surface area contributed by atoms with E-state index in [0.29, 0.717) is 28.7 Å². The van der Waals surface area contributed by atoms with Crippen molar-refractivity contribution in [3.8, 4) is 11.4 Å².